The van der Waals surface area contributed by atoms with Crippen molar-refractivity contribution in [3.05, 3.63) is 106 Å². The number of aliphatic carboxylic acids is 1. The van der Waals surface area contributed by atoms with E-state index in [1.54, 1.807) is 18.2 Å². The summed E-state index contributed by atoms with van der Waals surface area (Å²) in [5.74, 6) is -1.27. The predicted molar refractivity (Wildman–Crippen MR) is 134 cm³/mol. The first-order chi connectivity index (χ1) is 16.5. The van der Waals surface area contributed by atoms with E-state index in [-0.39, 0.29) is 28.4 Å². The summed E-state index contributed by atoms with van der Waals surface area (Å²) in [5, 5.41) is 14.1. The molecule has 3 aromatic rings. The van der Waals surface area contributed by atoms with Crippen molar-refractivity contribution < 1.29 is 31.2 Å². The number of hydrogen-bond acceptors (Lipinski definition) is 4. The maximum Gasteiger partial charge on any atom is 2.00 e. The predicted octanol–water partition coefficient (Wildman–Crippen LogP) is 5.46. The zero-order valence-electron chi connectivity index (χ0n) is 18.9. The number of carbonyl (C=O) groups excluding carboxylic acids is 1. The zero-order valence-corrected chi connectivity index (χ0v) is 20.7. The molecule has 0 saturated carbocycles. The molecule has 1 saturated heterocycles. The Morgan fingerprint density at radius 2 is 1.71 bits per heavy atom. The van der Waals surface area contributed by atoms with Crippen molar-refractivity contribution in [2.24, 2.45) is 4.99 Å². The second-order valence-corrected chi connectivity index (χ2v) is 8.59. The molecule has 1 atom stereocenters. The molecule has 0 bridgehead atoms. The second-order valence-electron chi connectivity index (χ2n) is 8.15. The number of likely N-dealkylation sites (tertiary alicyclic amines) is 1. The Morgan fingerprint density at radius 3 is 2.40 bits per heavy atom. The number of hydrogen-bond donors (Lipinski definition) is 1. The van der Waals surface area contributed by atoms with Gasteiger partial charge in [-0.25, -0.2) is 0 Å². The van der Waals surface area contributed by atoms with Crippen molar-refractivity contribution in [3.8, 4) is 0 Å². The van der Waals surface area contributed by atoms with Crippen molar-refractivity contribution in [1.29, 1.82) is 0 Å². The minimum absolute atomic E-state index is 0. The van der Waals surface area contributed by atoms with Crippen LogP contribution >= 0.6 is 11.6 Å². The molecular weight excluding hydrogens is 508 g/mol. The summed E-state index contributed by atoms with van der Waals surface area (Å²) in [5.41, 5.74) is 3.27. The number of amides is 1. The molecule has 0 aromatic heterocycles. The largest absolute Gasteiger partial charge is 2.00 e. The van der Waals surface area contributed by atoms with Crippen LogP contribution < -0.4 is 0 Å². The quantitative estimate of drug-likeness (QED) is 0.308. The summed E-state index contributed by atoms with van der Waals surface area (Å²) >= 11 is 6.28. The molecule has 3 aromatic carbocycles. The van der Waals surface area contributed by atoms with Gasteiger partial charge in [-0.3, -0.25) is 14.7 Å². The number of carboxylic acid groups (broad SMARTS) is 1. The van der Waals surface area contributed by atoms with Crippen LogP contribution in [0.4, 0.5) is 5.69 Å². The Kier molecular flexibility index (Phi) is 9.61. The van der Waals surface area contributed by atoms with Crippen molar-refractivity contribution in [2.45, 2.75) is 25.4 Å². The topological polar surface area (TPSA) is 84.1 Å². The average molecular weight is 534 g/mol. The van der Waals surface area contributed by atoms with Crippen molar-refractivity contribution in [3.63, 3.8) is 0 Å². The van der Waals surface area contributed by atoms with E-state index in [1.165, 1.54) is 0 Å². The number of aliphatic imine (C=N–C) groups is 1. The fourth-order valence-corrected chi connectivity index (χ4v) is 4.35. The number of carboxylic acids is 1. The van der Waals surface area contributed by atoms with Crippen LogP contribution in [0.25, 0.3) is 5.32 Å². The third kappa shape index (κ3) is 7.01. The van der Waals surface area contributed by atoms with Gasteiger partial charge in [-0.2, -0.15) is 0 Å². The summed E-state index contributed by atoms with van der Waals surface area (Å²) in [6.45, 7) is 1.12. The minimum atomic E-state index is -1.05. The maximum absolute atomic E-state index is 13.3. The van der Waals surface area contributed by atoms with E-state index in [2.05, 4.69) is 27.3 Å². The van der Waals surface area contributed by atoms with Gasteiger partial charge >= 0.3 is 22.5 Å². The molecular formula is C27H25ClN3NiO3+. The monoisotopic (exact) mass is 532 g/mol. The standard InChI is InChI=1S/C27H26ClN3O3.Ni/c28-21-13-14-23(22(16-21)26(29-17-25(32)33)20-10-5-2-6-11-20)30-27(34)24-12-7-15-31(24)18-19-8-3-1-4-9-19;/h1-6,8-11,13-14,16,24H,7,12,15,17-18H2,(H2,29,30,32,33,34);/q;+2/p-1. The smallest absolute Gasteiger partial charge is 0.625 e. The van der Waals surface area contributed by atoms with E-state index in [0.717, 1.165) is 30.5 Å². The molecule has 1 amide bonds. The van der Waals surface area contributed by atoms with Gasteiger partial charge in [0.15, 0.2) is 0 Å². The van der Waals surface area contributed by atoms with Gasteiger partial charge in [0.05, 0.1) is 17.7 Å². The average Bonchev–Trinajstić information content (AvgIpc) is 3.30. The van der Waals surface area contributed by atoms with Crippen LogP contribution in [0.2, 0.25) is 5.02 Å². The second kappa shape index (κ2) is 12.6. The van der Waals surface area contributed by atoms with E-state index in [1.807, 2.05) is 48.5 Å². The zero-order chi connectivity index (χ0) is 23.9. The van der Waals surface area contributed by atoms with E-state index in [0.29, 0.717) is 28.5 Å². The summed E-state index contributed by atoms with van der Waals surface area (Å²) in [6.07, 6.45) is 1.68. The van der Waals surface area contributed by atoms with Crippen molar-refractivity contribution in [2.75, 3.05) is 13.1 Å². The molecule has 1 N–H and O–H groups in total. The molecule has 8 heteroatoms. The van der Waals surface area contributed by atoms with Crippen LogP contribution in [0.3, 0.4) is 0 Å². The summed E-state index contributed by atoms with van der Waals surface area (Å²) < 4.78 is 0. The Balaban J connectivity index is 0.00000342. The summed E-state index contributed by atoms with van der Waals surface area (Å²) in [4.78, 5) is 31.0. The molecule has 35 heavy (non-hydrogen) atoms. The molecule has 1 heterocycles. The van der Waals surface area contributed by atoms with Crippen molar-refractivity contribution in [1.82, 2.24) is 4.90 Å². The Labute approximate surface area is 219 Å². The Hall–Kier alpha value is -2.99. The molecule has 1 unspecified atom stereocenters. The third-order valence-corrected chi connectivity index (χ3v) is 5.98. The Bertz CT molecular complexity index is 1190. The SMILES string of the molecule is O=C(O)CN=C(c1ccccc1)c1cc(Cl)ccc1[N-]C(=O)C1CCCN1Cc1ccccc1.[Ni+2]. The minimum Gasteiger partial charge on any atom is -0.625 e. The first-order valence-corrected chi connectivity index (χ1v) is 11.5. The molecule has 1 aliphatic heterocycles. The molecule has 0 radical (unpaired) electrons. The number of halogens is 1. The van der Waals surface area contributed by atoms with Crippen LogP contribution in [0.15, 0.2) is 83.9 Å². The fourth-order valence-electron chi connectivity index (χ4n) is 4.18. The van der Waals surface area contributed by atoms with Gasteiger partial charge < -0.3 is 15.2 Å². The van der Waals surface area contributed by atoms with Crippen LogP contribution in [0.1, 0.15) is 29.5 Å². The fraction of sp³-hybridized carbons (Fsp3) is 0.222. The first kappa shape index (κ1) is 26.6. The molecule has 182 valence electrons. The van der Waals surface area contributed by atoms with Crippen LogP contribution in [-0.2, 0) is 32.6 Å². The van der Waals surface area contributed by atoms with Gasteiger partial charge in [0.25, 0.3) is 0 Å². The number of rotatable bonds is 8. The summed E-state index contributed by atoms with van der Waals surface area (Å²) in [7, 11) is 0. The van der Waals surface area contributed by atoms with Gasteiger partial charge in [0, 0.05) is 17.1 Å². The maximum atomic E-state index is 13.3. The number of carbonyl (C=O) groups is 2. The normalized spacial score (nSPS) is 15.9. The Morgan fingerprint density at radius 1 is 1.03 bits per heavy atom. The van der Waals surface area contributed by atoms with E-state index < -0.39 is 12.5 Å². The molecule has 1 aliphatic rings. The molecule has 0 spiro atoms. The van der Waals surface area contributed by atoms with Gasteiger partial charge in [0.1, 0.15) is 6.54 Å². The van der Waals surface area contributed by atoms with Crippen LogP contribution in [-0.4, -0.2) is 46.7 Å². The van der Waals surface area contributed by atoms with Gasteiger partial charge in [0.2, 0.25) is 0 Å². The number of nitrogens with zero attached hydrogens (tertiary/aromatic N) is 3. The van der Waals surface area contributed by atoms with Crippen LogP contribution in [0.5, 0.6) is 0 Å². The molecule has 4 rings (SSSR count). The molecule has 6 nitrogen and oxygen atoms in total. The van der Waals surface area contributed by atoms with E-state index in [9.17, 15) is 14.7 Å². The van der Waals surface area contributed by atoms with Gasteiger partial charge in [-0.1, -0.05) is 78.3 Å². The third-order valence-electron chi connectivity index (χ3n) is 5.74. The van der Waals surface area contributed by atoms with E-state index >= 15 is 0 Å². The first-order valence-electron chi connectivity index (χ1n) is 11.2. The van der Waals surface area contributed by atoms with Crippen molar-refractivity contribution >= 4 is 34.9 Å². The van der Waals surface area contributed by atoms with E-state index in [4.69, 9.17) is 11.6 Å². The van der Waals surface area contributed by atoms with Crippen LogP contribution in [0, 0.1) is 0 Å². The molecule has 0 aliphatic carbocycles. The summed E-state index contributed by atoms with van der Waals surface area (Å²) in [6, 6.07) is 24.0. The van der Waals surface area contributed by atoms with Gasteiger partial charge in [-0.05, 0) is 42.6 Å². The van der Waals surface area contributed by atoms with Gasteiger partial charge in [-0.15, -0.1) is 5.69 Å². The number of benzene rings is 3. The molecule has 1 fully saturated rings.